The molecule has 0 bridgehead atoms. The van der Waals surface area contributed by atoms with Gasteiger partial charge in [-0.05, 0) is 18.4 Å². The van der Waals surface area contributed by atoms with E-state index < -0.39 is 23.3 Å². The Bertz CT molecular complexity index is 629. The number of ether oxygens (including phenoxy) is 1. The van der Waals surface area contributed by atoms with E-state index in [1.54, 1.807) is 13.8 Å². The molecule has 2 N–H and O–H groups in total. The second kappa shape index (κ2) is 5.17. The number of hydrogen-bond acceptors (Lipinski definition) is 5. The number of rotatable bonds is 3. The zero-order valence-electron chi connectivity index (χ0n) is 12.7. The van der Waals surface area contributed by atoms with Gasteiger partial charge in [0.1, 0.15) is 17.9 Å². The average molecular weight is 323 g/mol. The first kappa shape index (κ1) is 15.2. The van der Waals surface area contributed by atoms with Crippen molar-refractivity contribution < 1.29 is 24.4 Å². The molecule has 3 rings (SSSR count). The van der Waals surface area contributed by atoms with Gasteiger partial charge in [0.2, 0.25) is 17.4 Å². The fourth-order valence-corrected chi connectivity index (χ4v) is 4.47. The number of imide groups is 1. The fraction of sp³-hybridized carbons (Fsp3) is 0.533. The number of nitrogens with zero attached hydrogens (tertiary/aromatic N) is 1. The number of hydrogen-bond donors (Lipinski definition) is 1. The Morgan fingerprint density at radius 3 is 2.77 bits per heavy atom. The molecule has 4 atom stereocenters. The Labute approximate surface area is 132 Å². The number of likely N-dealkylation sites (tertiary alicyclic amines) is 1. The number of nitrogens with two attached hydrogens (primary N) is 1. The van der Waals surface area contributed by atoms with E-state index in [1.807, 2.05) is 22.8 Å². The highest BCUT2D eigenvalue weighted by molar-refractivity contribution is 7.10. The number of thiophene rings is 1. The van der Waals surface area contributed by atoms with Crippen LogP contribution in [0.5, 0.6) is 0 Å². The summed E-state index contributed by atoms with van der Waals surface area (Å²) in [6.07, 6.45) is 0. The lowest BCUT2D eigenvalue weighted by Gasteiger charge is -2.24. The van der Waals surface area contributed by atoms with Gasteiger partial charge >= 0.3 is 5.97 Å². The van der Waals surface area contributed by atoms with E-state index >= 15 is 0 Å². The minimum absolute atomic E-state index is 0.210. The number of esters is 1. The van der Waals surface area contributed by atoms with Gasteiger partial charge in [-0.1, -0.05) is 6.07 Å². The molecule has 0 unspecified atom stereocenters. The largest absolute Gasteiger partial charge is 0.461 e. The summed E-state index contributed by atoms with van der Waals surface area (Å²) in [5, 5.41) is 3.78. The first-order chi connectivity index (χ1) is 10.4. The van der Waals surface area contributed by atoms with Crippen molar-refractivity contribution in [1.29, 1.82) is 0 Å². The van der Waals surface area contributed by atoms with E-state index in [0.29, 0.717) is 0 Å². The van der Waals surface area contributed by atoms with Crippen LogP contribution in [0.2, 0.25) is 0 Å². The Hall–Kier alpha value is -1.73. The molecule has 0 radical (unpaired) electrons. The maximum atomic E-state index is 12.5. The summed E-state index contributed by atoms with van der Waals surface area (Å²) in [7, 11) is 1.49. The molecule has 6 nitrogen and oxygen atoms in total. The monoisotopic (exact) mass is 323 g/mol. The van der Waals surface area contributed by atoms with Crippen LogP contribution in [0.15, 0.2) is 17.5 Å². The predicted octanol–water partition coefficient (Wildman–Crippen LogP) is -0.0810. The number of carbonyl (C=O) groups excluding carboxylic acids is 3. The van der Waals surface area contributed by atoms with Crippen LogP contribution in [0.25, 0.3) is 0 Å². The Kier molecular flexibility index (Phi) is 3.57. The highest BCUT2D eigenvalue weighted by Gasteiger charge is 2.70. The summed E-state index contributed by atoms with van der Waals surface area (Å²) in [5.74, 6) is -2.11. The van der Waals surface area contributed by atoms with Crippen molar-refractivity contribution >= 4 is 29.1 Å². The topological polar surface area (TPSA) is 80.3 Å². The lowest BCUT2D eigenvalue weighted by atomic mass is 9.81. The molecule has 2 amide bonds. The third-order valence-electron chi connectivity index (χ3n) is 4.72. The molecular formula is C15H19N2O4S+. The maximum absolute atomic E-state index is 12.5. The summed E-state index contributed by atoms with van der Waals surface area (Å²) < 4.78 is 5.17. The Balaban J connectivity index is 2.06. The normalized spacial score (nSPS) is 34.1. The molecule has 3 heterocycles. The number of quaternary nitrogens is 1. The molecule has 1 aromatic heterocycles. The van der Waals surface area contributed by atoms with Crippen molar-refractivity contribution in [3.8, 4) is 0 Å². The molecule has 118 valence electrons. The quantitative estimate of drug-likeness (QED) is 0.623. The zero-order valence-corrected chi connectivity index (χ0v) is 13.6. The van der Waals surface area contributed by atoms with E-state index in [9.17, 15) is 14.4 Å². The van der Waals surface area contributed by atoms with Gasteiger partial charge in [-0.2, -0.15) is 0 Å². The standard InChI is InChI=1S/C15H18N2O4S/c1-4-21-14(20)15(2)10-9(12(18)17(3)13(10)19)11(16-15)8-6-5-7-22-8/h5-7,9-11,16H,4H2,1-3H3/p+1/t9-,10-,11-,15-/m0/s1. The second-order valence-electron chi connectivity index (χ2n) is 5.95. The van der Waals surface area contributed by atoms with Crippen LogP contribution in [0.1, 0.15) is 24.8 Å². The summed E-state index contributed by atoms with van der Waals surface area (Å²) in [4.78, 5) is 39.6. The highest BCUT2D eigenvalue weighted by Crippen LogP contribution is 2.44. The van der Waals surface area contributed by atoms with E-state index in [1.165, 1.54) is 18.4 Å². The molecule has 0 saturated carbocycles. The lowest BCUT2D eigenvalue weighted by Crippen LogP contribution is -2.97. The molecule has 1 aromatic rings. The van der Waals surface area contributed by atoms with Crippen molar-refractivity contribution in [3.63, 3.8) is 0 Å². The molecule has 2 aliphatic rings. The maximum Gasteiger partial charge on any atom is 0.368 e. The predicted molar refractivity (Wildman–Crippen MR) is 78.8 cm³/mol. The van der Waals surface area contributed by atoms with Crippen LogP contribution in [-0.4, -0.2) is 41.9 Å². The number of amides is 2. The molecule has 0 aliphatic carbocycles. The van der Waals surface area contributed by atoms with Crippen molar-refractivity contribution in [2.75, 3.05) is 13.7 Å². The third kappa shape index (κ3) is 1.92. The van der Waals surface area contributed by atoms with Gasteiger partial charge in [0, 0.05) is 14.0 Å². The Morgan fingerprint density at radius 2 is 2.18 bits per heavy atom. The molecule has 2 aliphatic heterocycles. The first-order valence-electron chi connectivity index (χ1n) is 7.30. The van der Waals surface area contributed by atoms with E-state index in [2.05, 4.69) is 0 Å². The molecule has 0 spiro atoms. The zero-order chi connectivity index (χ0) is 16.1. The third-order valence-corrected chi connectivity index (χ3v) is 5.69. The summed E-state index contributed by atoms with van der Waals surface area (Å²) in [5.41, 5.74) is -1.06. The van der Waals surface area contributed by atoms with Crippen LogP contribution in [0, 0.1) is 11.8 Å². The SMILES string of the molecule is CCOC(=O)[C@@]1(C)[NH2+][C@@H](c2cccs2)[C@H]2C(=O)N(C)C(=O)[C@H]21. The van der Waals surface area contributed by atoms with Gasteiger partial charge in [0.15, 0.2) is 0 Å². The minimum atomic E-state index is -1.06. The van der Waals surface area contributed by atoms with Crippen molar-refractivity contribution in [1.82, 2.24) is 4.90 Å². The van der Waals surface area contributed by atoms with Crippen LogP contribution in [0.4, 0.5) is 0 Å². The van der Waals surface area contributed by atoms with Gasteiger partial charge < -0.3 is 10.1 Å². The van der Waals surface area contributed by atoms with Gasteiger partial charge in [0.05, 0.1) is 11.5 Å². The van der Waals surface area contributed by atoms with E-state index in [4.69, 9.17) is 4.74 Å². The molecule has 2 fully saturated rings. The lowest BCUT2D eigenvalue weighted by molar-refractivity contribution is -0.730. The van der Waals surface area contributed by atoms with Crippen LogP contribution >= 0.6 is 11.3 Å². The number of fused-ring (bicyclic) bond motifs is 1. The fourth-order valence-electron chi connectivity index (χ4n) is 3.63. The van der Waals surface area contributed by atoms with Crippen molar-refractivity contribution in [2.45, 2.75) is 25.4 Å². The second-order valence-corrected chi connectivity index (χ2v) is 6.93. The van der Waals surface area contributed by atoms with E-state index in [-0.39, 0.29) is 24.5 Å². The minimum Gasteiger partial charge on any atom is -0.461 e. The smallest absolute Gasteiger partial charge is 0.368 e. The summed E-state index contributed by atoms with van der Waals surface area (Å²) in [6, 6.07) is 3.63. The van der Waals surface area contributed by atoms with Gasteiger partial charge in [-0.15, -0.1) is 11.3 Å². The molecule has 0 aromatic carbocycles. The van der Waals surface area contributed by atoms with Crippen LogP contribution in [0.3, 0.4) is 0 Å². The first-order valence-corrected chi connectivity index (χ1v) is 8.17. The van der Waals surface area contributed by atoms with Crippen molar-refractivity contribution in [2.24, 2.45) is 11.8 Å². The summed E-state index contributed by atoms with van der Waals surface area (Å²) >= 11 is 1.53. The van der Waals surface area contributed by atoms with Gasteiger partial charge in [-0.3, -0.25) is 14.5 Å². The van der Waals surface area contributed by atoms with Crippen LogP contribution in [-0.2, 0) is 19.1 Å². The summed E-state index contributed by atoms with van der Waals surface area (Å²) in [6.45, 7) is 3.69. The number of carbonyl (C=O) groups is 3. The van der Waals surface area contributed by atoms with E-state index in [0.717, 1.165) is 9.78 Å². The highest BCUT2D eigenvalue weighted by atomic mass is 32.1. The Morgan fingerprint density at radius 1 is 1.45 bits per heavy atom. The molecule has 22 heavy (non-hydrogen) atoms. The van der Waals surface area contributed by atoms with Crippen molar-refractivity contribution in [3.05, 3.63) is 22.4 Å². The van der Waals surface area contributed by atoms with Gasteiger partial charge in [0.25, 0.3) is 0 Å². The van der Waals surface area contributed by atoms with Crippen LogP contribution < -0.4 is 5.32 Å². The average Bonchev–Trinajstić information content (AvgIpc) is 3.15. The molecular weight excluding hydrogens is 304 g/mol. The van der Waals surface area contributed by atoms with Gasteiger partial charge in [-0.25, -0.2) is 4.79 Å². The molecule has 2 saturated heterocycles. The molecule has 7 heteroatoms.